The Labute approximate surface area is 114 Å². The maximum Gasteiger partial charge on any atom is 0.124 e. The first-order valence-electron chi connectivity index (χ1n) is 5.24. The van der Waals surface area contributed by atoms with Crippen molar-refractivity contribution in [1.82, 2.24) is 9.78 Å². The average Bonchev–Trinajstić information content (AvgIpc) is 2.60. The summed E-state index contributed by atoms with van der Waals surface area (Å²) in [6, 6.07) is 4.49. The number of nitrogens with two attached hydrogens (primary N) is 1. The van der Waals surface area contributed by atoms with Gasteiger partial charge in [-0.3, -0.25) is 4.68 Å². The second-order valence-electron chi connectivity index (χ2n) is 3.95. The summed E-state index contributed by atoms with van der Waals surface area (Å²) in [6.45, 7) is 2.27. The van der Waals surface area contributed by atoms with Crippen LogP contribution >= 0.6 is 23.8 Å². The van der Waals surface area contributed by atoms with Crippen LogP contribution in [-0.4, -0.2) is 14.8 Å². The second kappa shape index (κ2) is 5.04. The minimum Gasteiger partial charge on any atom is -0.389 e. The molecule has 0 bridgehead atoms. The number of thiocarbonyl (C=S) groups is 1. The molecule has 0 amide bonds. The molecule has 2 aromatic rings. The van der Waals surface area contributed by atoms with Gasteiger partial charge >= 0.3 is 0 Å². The van der Waals surface area contributed by atoms with Crippen molar-refractivity contribution >= 4 is 28.8 Å². The maximum absolute atomic E-state index is 13.4. The molecule has 0 saturated carbocycles. The van der Waals surface area contributed by atoms with Crippen LogP contribution in [0.3, 0.4) is 0 Å². The monoisotopic (exact) mass is 283 g/mol. The predicted octanol–water partition coefficient (Wildman–Crippen LogP) is 2.67. The van der Waals surface area contributed by atoms with Gasteiger partial charge in [0.05, 0.1) is 23.5 Å². The lowest BCUT2D eigenvalue weighted by molar-refractivity contribution is 0.616. The fraction of sp³-hybridized carbons (Fsp3) is 0.167. The van der Waals surface area contributed by atoms with Crippen LogP contribution in [0.4, 0.5) is 4.39 Å². The van der Waals surface area contributed by atoms with Gasteiger partial charge in [0.25, 0.3) is 0 Å². The first-order valence-corrected chi connectivity index (χ1v) is 6.03. The van der Waals surface area contributed by atoms with Gasteiger partial charge in [0, 0.05) is 5.56 Å². The van der Waals surface area contributed by atoms with Crippen LogP contribution in [-0.2, 0) is 6.54 Å². The summed E-state index contributed by atoms with van der Waals surface area (Å²) in [7, 11) is 0. The molecule has 0 aliphatic heterocycles. The van der Waals surface area contributed by atoms with Crippen LogP contribution in [0.1, 0.15) is 16.8 Å². The van der Waals surface area contributed by atoms with Crippen LogP contribution in [0.5, 0.6) is 0 Å². The Balaban J connectivity index is 2.34. The summed E-state index contributed by atoms with van der Waals surface area (Å²) in [6.07, 6.45) is 1.56. The molecule has 94 valence electrons. The first kappa shape index (κ1) is 13.0. The summed E-state index contributed by atoms with van der Waals surface area (Å²) in [5, 5.41) is 4.70. The minimum atomic E-state index is -0.369. The fourth-order valence-electron chi connectivity index (χ4n) is 1.64. The van der Waals surface area contributed by atoms with Crippen molar-refractivity contribution in [2.75, 3.05) is 0 Å². The highest BCUT2D eigenvalue weighted by molar-refractivity contribution is 7.80. The van der Waals surface area contributed by atoms with E-state index in [1.807, 2.05) is 6.92 Å². The number of rotatable bonds is 3. The predicted molar refractivity (Wildman–Crippen MR) is 73.4 cm³/mol. The molecule has 0 spiro atoms. The van der Waals surface area contributed by atoms with Gasteiger partial charge in [0.15, 0.2) is 0 Å². The van der Waals surface area contributed by atoms with E-state index in [0.29, 0.717) is 17.1 Å². The van der Waals surface area contributed by atoms with Crippen molar-refractivity contribution in [3.05, 3.63) is 52.1 Å². The summed E-state index contributed by atoms with van der Waals surface area (Å²) in [5.74, 6) is -0.369. The molecule has 6 heteroatoms. The molecule has 2 rings (SSSR count). The van der Waals surface area contributed by atoms with Gasteiger partial charge in [-0.05, 0) is 30.7 Å². The van der Waals surface area contributed by atoms with Crippen LogP contribution in [0.15, 0.2) is 24.4 Å². The van der Waals surface area contributed by atoms with Crippen LogP contribution in [0.2, 0.25) is 5.02 Å². The Morgan fingerprint density at radius 1 is 1.50 bits per heavy atom. The quantitative estimate of drug-likeness (QED) is 0.881. The van der Waals surface area contributed by atoms with E-state index in [4.69, 9.17) is 29.6 Å². The molecule has 0 aliphatic rings. The molecule has 18 heavy (non-hydrogen) atoms. The summed E-state index contributed by atoms with van der Waals surface area (Å²) >= 11 is 10.8. The third-order valence-electron chi connectivity index (χ3n) is 2.62. The number of nitrogens with zero attached hydrogens (tertiary/aromatic N) is 2. The molecule has 0 saturated heterocycles. The van der Waals surface area contributed by atoms with Gasteiger partial charge in [-0.15, -0.1) is 0 Å². The number of halogens is 2. The normalized spacial score (nSPS) is 10.6. The zero-order valence-corrected chi connectivity index (χ0v) is 11.2. The molecule has 1 heterocycles. The Kier molecular flexibility index (Phi) is 3.63. The lowest BCUT2D eigenvalue weighted by atomic mass is 10.1. The average molecular weight is 284 g/mol. The number of hydrogen-bond donors (Lipinski definition) is 1. The molecule has 0 aliphatic carbocycles. The Hall–Kier alpha value is -1.46. The van der Waals surface area contributed by atoms with Gasteiger partial charge in [0.2, 0.25) is 0 Å². The lowest BCUT2D eigenvalue weighted by Crippen LogP contribution is -2.11. The van der Waals surface area contributed by atoms with E-state index >= 15 is 0 Å². The molecule has 3 nitrogen and oxygen atoms in total. The molecule has 0 radical (unpaired) electrons. The third-order valence-corrected chi connectivity index (χ3v) is 3.22. The zero-order valence-electron chi connectivity index (χ0n) is 9.65. The van der Waals surface area contributed by atoms with Gasteiger partial charge in [0.1, 0.15) is 10.8 Å². The molecule has 0 unspecified atom stereocenters. The van der Waals surface area contributed by atoms with Crippen LogP contribution in [0.25, 0.3) is 0 Å². The standard InChI is InChI=1S/C12H11ClFN3S/c1-7-11(13)5-16-17(7)6-8-2-9(12(15)18)4-10(14)3-8/h2-5H,6H2,1H3,(H2,15,18). The maximum atomic E-state index is 13.4. The van der Waals surface area contributed by atoms with E-state index < -0.39 is 0 Å². The molecule has 0 atom stereocenters. The molecule has 2 N–H and O–H groups in total. The highest BCUT2D eigenvalue weighted by Crippen LogP contribution is 2.16. The van der Waals surface area contributed by atoms with E-state index in [9.17, 15) is 4.39 Å². The second-order valence-corrected chi connectivity index (χ2v) is 4.79. The van der Waals surface area contributed by atoms with Crippen LogP contribution in [0, 0.1) is 12.7 Å². The Morgan fingerprint density at radius 3 is 2.78 bits per heavy atom. The third kappa shape index (κ3) is 2.68. The SMILES string of the molecule is Cc1c(Cl)cnn1Cc1cc(F)cc(C(N)=S)c1. The minimum absolute atomic E-state index is 0.172. The van der Waals surface area contributed by atoms with Crippen molar-refractivity contribution in [3.63, 3.8) is 0 Å². The Bertz CT molecular complexity index is 609. The van der Waals surface area contributed by atoms with E-state index in [1.54, 1.807) is 16.9 Å². The smallest absolute Gasteiger partial charge is 0.124 e. The number of hydrogen-bond acceptors (Lipinski definition) is 2. The van der Waals surface area contributed by atoms with Gasteiger partial charge in [-0.1, -0.05) is 23.8 Å². The van der Waals surface area contributed by atoms with Crippen molar-refractivity contribution in [3.8, 4) is 0 Å². The lowest BCUT2D eigenvalue weighted by Gasteiger charge is -2.07. The topological polar surface area (TPSA) is 43.8 Å². The summed E-state index contributed by atoms with van der Waals surface area (Å²) in [4.78, 5) is 0.172. The molecule has 0 fully saturated rings. The largest absolute Gasteiger partial charge is 0.389 e. The number of aromatic nitrogens is 2. The van der Waals surface area contributed by atoms with Crippen LogP contribution < -0.4 is 5.73 Å². The molecule has 1 aromatic carbocycles. The van der Waals surface area contributed by atoms with Crippen molar-refractivity contribution < 1.29 is 4.39 Å². The molecular weight excluding hydrogens is 273 g/mol. The fourth-order valence-corrected chi connectivity index (χ4v) is 1.90. The summed E-state index contributed by atoms with van der Waals surface area (Å²) < 4.78 is 15.1. The first-order chi connectivity index (χ1) is 8.47. The molecular formula is C12H11ClFN3S. The highest BCUT2D eigenvalue weighted by atomic mass is 35.5. The van der Waals surface area contributed by atoms with E-state index in [0.717, 1.165) is 11.3 Å². The van der Waals surface area contributed by atoms with Crippen molar-refractivity contribution in [2.24, 2.45) is 5.73 Å². The van der Waals surface area contributed by atoms with E-state index in [1.165, 1.54) is 12.1 Å². The summed E-state index contributed by atoms with van der Waals surface area (Å²) in [5.41, 5.74) is 7.58. The van der Waals surface area contributed by atoms with E-state index in [2.05, 4.69) is 5.10 Å². The van der Waals surface area contributed by atoms with Crippen molar-refractivity contribution in [2.45, 2.75) is 13.5 Å². The van der Waals surface area contributed by atoms with Gasteiger partial charge in [-0.25, -0.2) is 4.39 Å². The van der Waals surface area contributed by atoms with Gasteiger partial charge in [-0.2, -0.15) is 5.10 Å². The van der Waals surface area contributed by atoms with E-state index in [-0.39, 0.29) is 10.8 Å². The van der Waals surface area contributed by atoms with Crippen molar-refractivity contribution in [1.29, 1.82) is 0 Å². The highest BCUT2D eigenvalue weighted by Gasteiger charge is 2.07. The zero-order chi connectivity index (χ0) is 13.3. The van der Waals surface area contributed by atoms with Gasteiger partial charge < -0.3 is 5.73 Å². The Morgan fingerprint density at radius 2 is 2.22 bits per heavy atom. The molecule has 1 aromatic heterocycles. The number of benzene rings is 1.